The predicted molar refractivity (Wildman–Crippen MR) is 75.7 cm³/mol. The average molecular weight is 307 g/mol. The van der Waals surface area contributed by atoms with Gasteiger partial charge in [-0.2, -0.15) is 0 Å². The van der Waals surface area contributed by atoms with Crippen LogP contribution in [0.15, 0.2) is 47.1 Å². The van der Waals surface area contributed by atoms with E-state index in [1.54, 1.807) is 6.20 Å². The third-order valence-electron chi connectivity index (χ3n) is 2.64. The van der Waals surface area contributed by atoms with Crippen molar-refractivity contribution in [2.75, 3.05) is 0 Å². The molecular weight excluding hydrogens is 292 g/mol. The van der Waals surface area contributed by atoms with Crippen molar-refractivity contribution in [3.8, 4) is 11.5 Å². The lowest BCUT2D eigenvalue weighted by Gasteiger charge is -2.10. The van der Waals surface area contributed by atoms with Crippen LogP contribution in [0.3, 0.4) is 0 Å². The Morgan fingerprint density at radius 2 is 2.06 bits per heavy atom. The lowest BCUT2D eigenvalue weighted by Crippen LogP contribution is -2.10. The van der Waals surface area contributed by atoms with Crippen molar-refractivity contribution in [1.29, 1.82) is 0 Å². The van der Waals surface area contributed by atoms with Gasteiger partial charge in [0.15, 0.2) is 0 Å². The van der Waals surface area contributed by atoms with E-state index in [0.29, 0.717) is 5.75 Å². The predicted octanol–water partition coefficient (Wildman–Crippen LogP) is 4.05. The fourth-order valence-electron chi connectivity index (χ4n) is 1.54. The molecule has 18 heavy (non-hydrogen) atoms. The third kappa shape index (κ3) is 3.09. The first kappa shape index (κ1) is 13.1. The first-order valence-corrected chi connectivity index (χ1v) is 6.64. The van der Waals surface area contributed by atoms with Gasteiger partial charge in [-0.1, -0.05) is 19.1 Å². The zero-order chi connectivity index (χ0) is 13.0. The molecule has 1 heterocycles. The summed E-state index contributed by atoms with van der Waals surface area (Å²) in [4.78, 5) is 4.31. The van der Waals surface area contributed by atoms with Gasteiger partial charge in [-0.05, 0) is 46.6 Å². The minimum Gasteiger partial charge on any atom is -0.455 e. The number of rotatable bonds is 4. The summed E-state index contributed by atoms with van der Waals surface area (Å²) < 4.78 is 6.64. The quantitative estimate of drug-likeness (QED) is 0.927. The van der Waals surface area contributed by atoms with Gasteiger partial charge in [0, 0.05) is 6.04 Å². The first-order valence-electron chi connectivity index (χ1n) is 5.84. The van der Waals surface area contributed by atoms with Crippen molar-refractivity contribution in [2.24, 2.45) is 5.73 Å². The Hall–Kier alpha value is -1.39. The SMILES string of the molecule is CCC(N)c1ccc(Oc2ccccc2Br)cn1. The lowest BCUT2D eigenvalue weighted by atomic mass is 10.1. The highest BCUT2D eigenvalue weighted by atomic mass is 79.9. The molecular formula is C14H15BrN2O. The number of pyridine rings is 1. The standard InChI is InChI=1S/C14H15BrN2O/c1-2-12(16)13-8-7-10(9-17-13)18-14-6-4-3-5-11(14)15/h3-9,12H,2,16H2,1H3. The van der Waals surface area contributed by atoms with E-state index in [1.165, 1.54) is 0 Å². The number of nitrogens with zero attached hydrogens (tertiary/aromatic N) is 1. The molecule has 0 aliphatic heterocycles. The maximum absolute atomic E-state index is 5.91. The second-order valence-electron chi connectivity index (χ2n) is 3.97. The second kappa shape index (κ2) is 5.98. The summed E-state index contributed by atoms with van der Waals surface area (Å²) in [7, 11) is 0. The van der Waals surface area contributed by atoms with Crippen LogP contribution in [0.5, 0.6) is 11.5 Å². The number of hydrogen-bond acceptors (Lipinski definition) is 3. The van der Waals surface area contributed by atoms with Crippen LogP contribution in [0, 0.1) is 0 Å². The van der Waals surface area contributed by atoms with Gasteiger partial charge in [0.2, 0.25) is 0 Å². The topological polar surface area (TPSA) is 48.1 Å². The van der Waals surface area contributed by atoms with Crippen LogP contribution >= 0.6 is 15.9 Å². The van der Waals surface area contributed by atoms with E-state index < -0.39 is 0 Å². The molecule has 0 aliphatic carbocycles. The Morgan fingerprint density at radius 1 is 1.28 bits per heavy atom. The van der Waals surface area contributed by atoms with Gasteiger partial charge < -0.3 is 10.5 Å². The second-order valence-corrected chi connectivity index (χ2v) is 4.82. The molecule has 0 spiro atoms. The zero-order valence-electron chi connectivity index (χ0n) is 10.1. The number of para-hydroxylation sites is 1. The van der Waals surface area contributed by atoms with Crippen LogP contribution in [0.2, 0.25) is 0 Å². The summed E-state index contributed by atoms with van der Waals surface area (Å²) in [6, 6.07) is 11.5. The molecule has 0 aliphatic rings. The summed E-state index contributed by atoms with van der Waals surface area (Å²) in [5.74, 6) is 1.47. The van der Waals surface area contributed by atoms with E-state index >= 15 is 0 Å². The Bertz CT molecular complexity index is 513. The number of halogens is 1. The van der Waals surface area contributed by atoms with E-state index in [9.17, 15) is 0 Å². The summed E-state index contributed by atoms with van der Waals surface area (Å²) in [5, 5.41) is 0. The fourth-order valence-corrected chi connectivity index (χ4v) is 1.90. The molecule has 0 fully saturated rings. The van der Waals surface area contributed by atoms with Gasteiger partial charge in [0.1, 0.15) is 11.5 Å². The summed E-state index contributed by atoms with van der Waals surface area (Å²) in [6.45, 7) is 2.04. The van der Waals surface area contributed by atoms with Crippen LogP contribution in [0.4, 0.5) is 0 Å². The highest BCUT2D eigenvalue weighted by Crippen LogP contribution is 2.29. The van der Waals surface area contributed by atoms with E-state index in [0.717, 1.165) is 22.3 Å². The van der Waals surface area contributed by atoms with Gasteiger partial charge in [-0.25, -0.2) is 0 Å². The molecule has 0 saturated heterocycles. The molecule has 0 bridgehead atoms. The van der Waals surface area contributed by atoms with Crippen LogP contribution in [0.25, 0.3) is 0 Å². The molecule has 0 amide bonds. The van der Waals surface area contributed by atoms with Gasteiger partial charge in [0.25, 0.3) is 0 Å². The number of ether oxygens (including phenoxy) is 1. The van der Waals surface area contributed by atoms with Crippen LogP contribution in [-0.2, 0) is 0 Å². The molecule has 2 rings (SSSR count). The maximum atomic E-state index is 5.91. The minimum absolute atomic E-state index is 0.0116. The van der Waals surface area contributed by atoms with E-state index in [1.807, 2.05) is 43.3 Å². The van der Waals surface area contributed by atoms with Crippen LogP contribution < -0.4 is 10.5 Å². The fraction of sp³-hybridized carbons (Fsp3) is 0.214. The van der Waals surface area contributed by atoms with Crippen LogP contribution in [0.1, 0.15) is 25.1 Å². The highest BCUT2D eigenvalue weighted by molar-refractivity contribution is 9.10. The van der Waals surface area contributed by atoms with Crippen molar-refractivity contribution >= 4 is 15.9 Å². The molecule has 0 radical (unpaired) electrons. The molecule has 2 aromatic rings. The Labute approximate surface area is 115 Å². The maximum Gasteiger partial charge on any atom is 0.145 e. The lowest BCUT2D eigenvalue weighted by molar-refractivity contribution is 0.476. The van der Waals surface area contributed by atoms with Crippen molar-refractivity contribution in [3.63, 3.8) is 0 Å². The molecule has 1 aromatic heterocycles. The van der Waals surface area contributed by atoms with E-state index in [4.69, 9.17) is 10.5 Å². The minimum atomic E-state index is -0.0116. The number of nitrogens with two attached hydrogens (primary N) is 1. The average Bonchev–Trinajstić information content (AvgIpc) is 2.41. The van der Waals surface area contributed by atoms with Gasteiger partial charge >= 0.3 is 0 Å². The molecule has 94 valence electrons. The van der Waals surface area contributed by atoms with Crippen LogP contribution in [-0.4, -0.2) is 4.98 Å². The van der Waals surface area contributed by atoms with Crippen molar-refractivity contribution < 1.29 is 4.74 Å². The Kier molecular flexibility index (Phi) is 4.33. The van der Waals surface area contributed by atoms with Crippen molar-refractivity contribution in [2.45, 2.75) is 19.4 Å². The molecule has 2 N–H and O–H groups in total. The Balaban J connectivity index is 2.14. The van der Waals surface area contributed by atoms with E-state index in [-0.39, 0.29) is 6.04 Å². The largest absolute Gasteiger partial charge is 0.455 e. The monoisotopic (exact) mass is 306 g/mol. The zero-order valence-corrected chi connectivity index (χ0v) is 11.7. The number of benzene rings is 1. The molecule has 4 heteroatoms. The number of hydrogen-bond donors (Lipinski definition) is 1. The Morgan fingerprint density at radius 3 is 2.67 bits per heavy atom. The summed E-state index contributed by atoms with van der Waals surface area (Å²) in [5.41, 5.74) is 6.80. The first-order chi connectivity index (χ1) is 8.70. The molecule has 1 atom stereocenters. The third-order valence-corrected chi connectivity index (χ3v) is 3.30. The van der Waals surface area contributed by atoms with Crippen molar-refractivity contribution in [1.82, 2.24) is 4.98 Å². The summed E-state index contributed by atoms with van der Waals surface area (Å²) >= 11 is 3.44. The van der Waals surface area contributed by atoms with E-state index in [2.05, 4.69) is 20.9 Å². The van der Waals surface area contributed by atoms with Gasteiger partial charge in [0.05, 0.1) is 16.4 Å². The molecule has 1 aromatic carbocycles. The smallest absolute Gasteiger partial charge is 0.145 e. The molecule has 3 nitrogen and oxygen atoms in total. The normalized spacial score (nSPS) is 12.2. The highest BCUT2D eigenvalue weighted by Gasteiger charge is 2.06. The molecule has 1 unspecified atom stereocenters. The molecule has 0 saturated carbocycles. The summed E-state index contributed by atoms with van der Waals surface area (Å²) in [6.07, 6.45) is 2.57. The van der Waals surface area contributed by atoms with Gasteiger partial charge in [-0.15, -0.1) is 0 Å². The van der Waals surface area contributed by atoms with Gasteiger partial charge in [-0.3, -0.25) is 4.98 Å². The van der Waals surface area contributed by atoms with Crippen molar-refractivity contribution in [3.05, 3.63) is 52.8 Å². The number of aromatic nitrogens is 1.